The number of hydrogen-bond donors (Lipinski definition) is 2. The first-order valence-corrected chi connectivity index (χ1v) is 4.68. The molecule has 0 spiro atoms. The van der Waals surface area contributed by atoms with Gasteiger partial charge in [-0.1, -0.05) is 29.8 Å². The first-order valence-electron chi connectivity index (χ1n) is 4.68. The maximum absolute atomic E-state index is 13.3. The molecule has 3 N–H and O–H groups in total. The molecule has 1 aromatic carbocycles. The molecule has 0 aromatic heterocycles. The van der Waals surface area contributed by atoms with Crippen molar-refractivity contribution >= 4 is 0 Å². The van der Waals surface area contributed by atoms with Crippen LogP contribution in [0.25, 0.3) is 0 Å². The van der Waals surface area contributed by atoms with Crippen LogP contribution in [0.15, 0.2) is 24.3 Å². The van der Waals surface area contributed by atoms with Crippen LogP contribution in [0.1, 0.15) is 18.1 Å². The largest absolute Gasteiger partial charge is 0.379 e. The smallest absolute Gasteiger partial charge is 0.291 e. The van der Waals surface area contributed by atoms with Crippen LogP contribution in [0.2, 0.25) is 0 Å². The van der Waals surface area contributed by atoms with Gasteiger partial charge in [-0.05, 0) is 19.4 Å². The Kier molecular flexibility index (Phi) is 3.11. The standard InChI is InChI=1S/C11H15F2NO/c1-8-3-5-9(6-4-8)10(2,15)11(12,13)7-14/h3-6,15H,7,14H2,1-2H3. The van der Waals surface area contributed by atoms with E-state index in [4.69, 9.17) is 5.73 Å². The van der Waals surface area contributed by atoms with Crippen LogP contribution in [0.4, 0.5) is 8.78 Å². The molecular formula is C11H15F2NO. The summed E-state index contributed by atoms with van der Waals surface area (Å²) in [5, 5.41) is 9.77. The van der Waals surface area contributed by atoms with Crippen molar-refractivity contribution in [3.63, 3.8) is 0 Å². The molecule has 1 rings (SSSR count). The zero-order chi connectivity index (χ0) is 11.7. The maximum Gasteiger partial charge on any atom is 0.291 e. The molecule has 2 nitrogen and oxygen atoms in total. The maximum atomic E-state index is 13.3. The molecule has 0 radical (unpaired) electrons. The second-order valence-corrected chi connectivity index (χ2v) is 3.85. The number of benzene rings is 1. The quantitative estimate of drug-likeness (QED) is 0.807. The summed E-state index contributed by atoms with van der Waals surface area (Å²) in [5.74, 6) is -3.33. The third kappa shape index (κ3) is 2.16. The third-order valence-corrected chi connectivity index (χ3v) is 2.58. The lowest BCUT2D eigenvalue weighted by Gasteiger charge is -2.32. The first kappa shape index (κ1) is 12.1. The number of aliphatic hydroxyl groups is 1. The Balaban J connectivity index is 3.10. The predicted molar refractivity (Wildman–Crippen MR) is 54.8 cm³/mol. The number of aryl methyl sites for hydroxylation is 1. The van der Waals surface area contributed by atoms with Gasteiger partial charge in [0.05, 0.1) is 6.54 Å². The van der Waals surface area contributed by atoms with E-state index in [1.807, 2.05) is 6.92 Å². The van der Waals surface area contributed by atoms with E-state index in [1.165, 1.54) is 12.1 Å². The summed E-state index contributed by atoms with van der Waals surface area (Å²) in [6, 6.07) is 6.32. The minimum Gasteiger partial charge on any atom is -0.379 e. The molecule has 0 saturated carbocycles. The fourth-order valence-electron chi connectivity index (χ4n) is 1.29. The Morgan fingerprint density at radius 1 is 1.27 bits per heavy atom. The van der Waals surface area contributed by atoms with Crippen LogP contribution in [0.5, 0.6) is 0 Å². The molecule has 0 bridgehead atoms. The average Bonchev–Trinajstić information content (AvgIpc) is 2.18. The number of nitrogens with two attached hydrogens (primary N) is 1. The summed E-state index contributed by atoms with van der Waals surface area (Å²) in [4.78, 5) is 0. The second-order valence-electron chi connectivity index (χ2n) is 3.85. The molecule has 1 atom stereocenters. The van der Waals surface area contributed by atoms with E-state index in [2.05, 4.69) is 0 Å². The topological polar surface area (TPSA) is 46.2 Å². The second kappa shape index (κ2) is 3.87. The van der Waals surface area contributed by atoms with Gasteiger partial charge < -0.3 is 10.8 Å². The molecule has 0 aliphatic rings. The van der Waals surface area contributed by atoms with Crippen LogP contribution in [-0.4, -0.2) is 17.6 Å². The highest BCUT2D eigenvalue weighted by atomic mass is 19.3. The number of rotatable bonds is 3. The monoisotopic (exact) mass is 215 g/mol. The summed E-state index contributed by atoms with van der Waals surface area (Å²) in [7, 11) is 0. The lowest BCUT2D eigenvalue weighted by molar-refractivity contribution is -0.170. The van der Waals surface area contributed by atoms with E-state index < -0.39 is 18.1 Å². The van der Waals surface area contributed by atoms with Crippen molar-refractivity contribution in [3.8, 4) is 0 Å². The number of hydrogen-bond acceptors (Lipinski definition) is 2. The lowest BCUT2D eigenvalue weighted by Crippen LogP contribution is -2.48. The fourth-order valence-corrected chi connectivity index (χ4v) is 1.29. The van der Waals surface area contributed by atoms with Crippen molar-refractivity contribution in [2.24, 2.45) is 5.73 Å². The summed E-state index contributed by atoms with van der Waals surface area (Å²) >= 11 is 0. The number of halogens is 2. The molecule has 84 valence electrons. The first-order chi connectivity index (χ1) is 6.81. The summed E-state index contributed by atoms with van der Waals surface area (Å²) < 4.78 is 26.7. The van der Waals surface area contributed by atoms with Crippen LogP contribution < -0.4 is 5.73 Å². The van der Waals surface area contributed by atoms with Gasteiger partial charge >= 0.3 is 0 Å². The van der Waals surface area contributed by atoms with E-state index >= 15 is 0 Å². The van der Waals surface area contributed by atoms with E-state index in [0.29, 0.717) is 0 Å². The number of alkyl halides is 2. The van der Waals surface area contributed by atoms with Crippen molar-refractivity contribution < 1.29 is 13.9 Å². The molecule has 1 aromatic rings. The van der Waals surface area contributed by atoms with Crippen molar-refractivity contribution in [2.75, 3.05) is 6.54 Å². The van der Waals surface area contributed by atoms with Gasteiger partial charge in [0.25, 0.3) is 5.92 Å². The normalized spacial score (nSPS) is 16.1. The van der Waals surface area contributed by atoms with E-state index in [9.17, 15) is 13.9 Å². The molecule has 0 heterocycles. The molecule has 15 heavy (non-hydrogen) atoms. The molecule has 0 fully saturated rings. The highest BCUT2D eigenvalue weighted by Crippen LogP contribution is 2.36. The summed E-state index contributed by atoms with van der Waals surface area (Å²) in [6.07, 6.45) is 0. The summed E-state index contributed by atoms with van der Waals surface area (Å²) in [5.41, 5.74) is 3.84. The third-order valence-electron chi connectivity index (χ3n) is 2.58. The Hall–Kier alpha value is -1.00. The SMILES string of the molecule is Cc1ccc(C(C)(O)C(F)(F)CN)cc1. The summed E-state index contributed by atoms with van der Waals surface area (Å²) in [6.45, 7) is 2.04. The Bertz CT molecular complexity index is 333. The van der Waals surface area contributed by atoms with Crippen molar-refractivity contribution in [2.45, 2.75) is 25.4 Å². The van der Waals surface area contributed by atoms with Crippen LogP contribution in [-0.2, 0) is 5.60 Å². The molecule has 0 aliphatic carbocycles. The predicted octanol–water partition coefficient (Wildman–Crippen LogP) is 1.80. The minimum atomic E-state index is -3.33. The average molecular weight is 215 g/mol. The van der Waals surface area contributed by atoms with Gasteiger partial charge in [-0.3, -0.25) is 0 Å². The van der Waals surface area contributed by atoms with Crippen molar-refractivity contribution in [1.29, 1.82) is 0 Å². The van der Waals surface area contributed by atoms with E-state index in [-0.39, 0.29) is 5.56 Å². The molecule has 0 saturated heterocycles. The van der Waals surface area contributed by atoms with Crippen LogP contribution >= 0.6 is 0 Å². The molecular weight excluding hydrogens is 200 g/mol. The highest BCUT2D eigenvalue weighted by Gasteiger charge is 2.48. The zero-order valence-corrected chi connectivity index (χ0v) is 8.80. The van der Waals surface area contributed by atoms with Crippen molar-refractivity contribution in [1.82, 2.24) is 0 Å². The van der Waals surface area contributed by atoms with Gasteiger partial charge in [0.1, 0.15) is 0 Å². The Morgan fingerprint density at radius 3 is 2.13 bits per heavy atom. The van der Waals surface area contributed by atoms with Gasteiger partial charge in [0.15, 0.2) is 5.60 Å². The van der Waals surface area contributed by atoms with Gasteiger partial charge in [0, 0.05) is 0 Å². The van der Waals surface area contributed by atoms with Crippen LogP contribution in [0, 0.1) is 6.92 Å². The molecule has 0 amide bonds. The molecule has 0 aliphatic heterocycles. The van der Waals surface area contributed by atoms with Gasteiger partial charge in [-0.15, -0.1) is 0 Å². The highest BCUT2D eigenvalue weighted by molar-refractivity contribution is 5.28. The Morgan fingerprint density at radius 2 is 1.73 bits per heavy atom. The zero-order valence-electron chi connectivity index (χ0n) is 8.80. The van der Waals surface area contributed by atoms with E-state index in [0.717, 1.165) is 12.5 Å². The Labute approximate surface area is 87.7 Å². The lowest BCUT2D eigenvalue weighted by atomic mass is 9.89. The van der Waals surface area contributed by atoms with E-state index in [1.54, 1.807) is 12.1 Å². The van der Waals surface area contributed by atoms with Gasteiger partial charge in [-0.25, -0.2) is 8.78 Å². The minimum absolute atomic E-state index is 0.170. The van der Waals surface area contributed by atoms with Crippen molar-refractivity contribution in [3.05, 3.63) is 35.4 Å². The van der Waals surface area contributed by atoms with Gasteiger partial charge in [-0.2, -0.15) is 0 Å². The fraction of sp³-hybridized carbons (Fsp3) is 0.455. The molecule has 1 unspecified atom stereocenters. The van der Waals surface area contributed by atoms with Crippen LogP contribution in [0.3, 0.4) is 0 Å². The molecule has 4 heteroatoms. The van der Waals surface area contributed by atoms with Gasteiger partial charge in [0.2, 0.25) is 0 Å².